The van der Waals surface area contributed by atoms with E-state index in [0.29, 0.717) is 5.92 Å². The largest absolute Gasteiger partial charge is 0.511 e. The first-order valence-corrected chi connectivity index (χ1v) is 7.18. The summed E-state index contributed by atoms with van der Waals surface area (Å²) in [5.74, 6) is 0.565. The maximum absolute atomic E-state index is 12.4. The SMILES string of the molecule is C=C(O)C1CC2CCCCC2N1C(=O)OC(C)(C)C. The van der Waals surface area contributed by atoms with E-state index in [1.54, 1.807) is 4.90 Å². The molecule has 2 fully saturated rings. The van der Waals surface area contributed by atoms with Gasteiger partial charge in [0.05, 0.1) is 6.04 Å². The van der Waals surface area contributed by atoms with Crippen molar-refractivity contribution in [2.24, 2.45) is 5.92 Å². The zero-order chi connectivity index (χ0) is 14.2. The van der Waals surface area contributed by atoms with Gasteiger partial charge in [-0.25, -0.2) is 4.79 Å². The predicted molar refractivity (Wildman–Crippen MR) is 74.0 cm³/mol. The van der Waals surface area contributed by atoms with Crippen molar-refractivity contribution in [1.29, 1.82) is 0 Å². The first-order valence-electron chi connectivity index (χ1n) is 7.18. The minimum Gasteiger partial charge on any atom is -0.511 e. The van der Waals surface area contributed by atoms with Crippen LogP contribution in [-0.4, -0.2) is 33.8 Å². The molecule has 1 saturated heterocycles. The number of nitrogens with zero attached hydrogens (tertiary/aromatic N) is 1. The molecule has 0 aromatic heterocycles. The second kappa shape index (κ2) is 5.06. The van der Waals surface area contributed by atoms with E-state index in [-0.39, 0.29) is 23.9 Å². The highest BCUT2D eigenvalue weighted by Crippen LogP contribution is 2.41. The van der Waals surface area contributed by atoms with Gasteiger partial charge in [-0.2, -0.15) is 0 Å². The number of aliphatic hydroxyl groups is 1. The summed E-state index contributed by atoms with van der Waals surface area (Å²) in [5, 5.41) is 9.77. The molecular weight excluding hydrogens is 242 g/mol. The van der Waals surface area contributed by atoms with Gasteiger partial charge in [-0.05, 0) is 46.0 Å². The topological polar surface area (TPSA) is 49.8 Å². The van der Waals surface area contributed by atoms with Crippen molar-refractivity contribution in [3.63, 3.8) is 0 Å². The van der Waals surface area contributed by atoms with E-state index in [2.05, 4.69) is 6.58 Å². The van der Waals surface area contributed by atoms with Crippen LogP contribution < -0.4 is 0 Å². The molecule has 4 nitrogen and oxygen atoms in total. The van der Waals surface area contributed by atoms with Crippen LogP contribution in [0.25, 0.3) is 0 Å². The van der Waals surface area contributed by atoms with Crippen LogP contribution in [0.5, 0.6) is 0 Å². The van der Waals surface area contributed by atoms with Crippen molar-refractivity contribution < 1.29 is 14.6 Å². The molecule has 3 unspecified atom stereocenters. The first kappa shape index (κ1) is 14.2. The molecule has 1 saturated carbocycles. The number of amides is 1. The molecular formula is C15H25NO3. The number of ether oxygens (including phenoxy) is 1. The average Bonchev–Trinajstić information content (AvgIpc) is 2.65. The fourth-order valence-electron chi connectivity index (χ4n) is 3.33. The zero-order valence-electron chi connectivity index (χ0n) is 12.2. The fourth-order valence-corrected chi connectivity index (χ4v) is 3.33. The third kappa shape index (κ3) is 3.04. The Bertz CT molecular complexity index is 372. The lowest BCUT2D eigenvalue weighted by Gasteiger charge is -2.35. The van der Waals surface area contributed by atoms with Gasteiger partial charge in [-0.15, -0.1) is 0 Å². The minimum absolute atomic E-state index is 0.0836. The maximum Gasteiger partial charge on any atom is 0.411 e. The van der Waals surface area contributed by atoms with E-state index in [4.69, 9.17) is 4.74 Å². The number of hydrogen-bond donors (Lipinski definition) is 1. The van der Waals surface area contributed by atoms with Crippen molar-refractivity contribution in [3.05, 3.63) is 12.3 Å². The third-order valence-electron chi connectivity index (χ3n) is 4.08. The normalized spacial score (nSPS) is 30.9. The summed E-state index contributed by atoms with van der Waals surface area (Å²) in [6.45, 7) is 9.22. The third-order valence-corrected chi connectivity index (χ3v) is 4.08. The van der Waals surface area contributed by atoms with Gasteiger partial charge in [0.25, 0.3) is 0 Å². The monoisotopic (exact) mass is 267 g/mol. The number of carbonyl (C=O) groups is 1. The van der Waals surface area contributed by atoms with Crippen LogP contribution in [0.3, 0.4) is 0 Å². The lowest BCUT2D eigenvalue weighted by atomic mass is 9.85. The Morgan fingerprint density at radius 2 is 1.95 bits per heavy atom. The van der Waals surface area contributed by atoms with Crippen molar-refractivity contribution in [1.82, 2.24) is 4.90 Å². The van der Waals surface area contributed by atoms with Gasteiger partial charge in [0, 0.05) is 6.04 Å². The molecule has 0 radical (unpaired) electrons. The molecule has 0 bridgehead atoms. The van der Waals surface area contributed by atoms with E-state index in [1.807, 2.05) is 20.8 Å². The standard InChI is InChI=1S/C15H25NO3/c1-10(17)13-9-11-7-5-6-8-12(11)16(13)14(18)19-15(2,3)4/h11-13,17H,1,5-9H2,2-4H3. The summed E-state index contributed by atoms with van der Waals surface area (Å²) in [7, 11) is 0. The quantitative estimate of drug-likeness (QED) is 0.738. The van der Waals surface area contributed by atoms with Crippen molar-refractivity contribution in [2.75, 3.05) is 0 Å². The van der Waals surface area contributed by atoms with Gasteiger partial charge in [0.15, 0.2) is 0 Å². The van der Waals surface area contributed by atoms with Gasteiger partial charge < -0.3 is 9.84 Å². The molecule has 1 N–H and O–H groups in total. The number of likely N-dealkylation sites (tertiary alicyclic amines) is 1. The molecule has 108 valence electrons. The summed E-state index contributed by atoms with van der Waals surface area (Å²) in [6, 6.07) is -0.0690. The van der Waals surface area contributed by atoms with Gasteiger partial charge in [-0.3, -0.25) is 4.90 Å². The molecule has 2 rings (SSSR count). The highest BCUT2D eigenvalue weighted by Gasteiger charge is 2.47. The Kier molecular flexibility index (Phi) is 3.79. The Morgan fingerprint density at radius 3 is 2.53 bits per heavy atom. The molecule has 0 aromatic carbocycles. The predicted octanol–water partition coefficient (Wildman–Crippen LogP) is 3.63. The van der Waals surface area contributed by atoms with Gasteiger partial charge in [-0.1, -0.05) is 19.4 Å². The van der Waals surface area contributed by atoms with E-state index in [9.17, 15) is 9.90 Å². The second-order valence-corrected chi connectivity index (χ2v) is 6.74. The molecule has 1 aliphatic carbocycles. The van der Waals surface area contributed by atoms with E-state index in [0.717, 1.165) is 25.7 Å². The van der Waals surface area contributed by atoms with Crippen LogP contribution >= 0.6 is 0 Å². The lowest BCUT2D eigenvalue weighted by Crippen LogP contribution is -2.46. The Balaban J connectivity index is 2.17. The molecule has 1 aliphatic heterocycles. The van der Waals surface area contributed by atoms with Crippen LogP contribution in [0.15, 0.2) is 12.3 Å². The zero-order valence-corrected chi connectivity index (χ0v) is 12.2. The number of hydrogen-bond acceptors (Lipinski definition) is 3. The van der Waals surface area contributed by atoms with E-state index >= 15 is 0 Å². The molecule has 1 heterocycles. The van der Waals surface area contributed by atoms with Crippen LogP contribution in [0.2, 0.25) is 0 Å². The summed E-state index contributed by atoms with van der Waals surface area (Å²) in [6.07, 6.45) is 5.00. The molecule has 3 atom stereocenters. The van der Waals surface area contributed by atoms with Crippen LogP contribution in [0.1, 0.15) is 52.9 Å². The Morgan fingerprint density at radius 1 is 1.32 bits per heavy atom. The fraction of sp³-hybridized carbons (Fsp3) is 0.800. The molecule has 19 heavy (non-hydrogen) atoms. The smallest absolute Gasteiger partial charge is 0.411 e. The summed E-state index contributed by atoms with van der Waals surface area (Å²) in [4.78, 5) is 14.1. The number of carbonyl (C=O) groups excluding carboxylic acids is 1. The molecule has 2 aliphatic rings. The van der Waals surface area contributed by atoms with Crippen LogP contribution in [-0.2, 0) is 4.74 Å². The van der Waals surface area contributed by atoms with Gasteiger partial charge >= 0.3 is 6.09 Å². The molecule has 0 spiro atoms. The minimum atomic E-state index is -0.509. The maximum atomic E-state index is 12.4. The summed E-state index contributed by atoms with van der Waals surface area (Å²) >= 11 is 0. The van der Waals surface area contributed by atoms with E-state index in [1.165, 1.54) is 6.42 Å². The molecule has 1 amide bonds. The van der Waals surface area contributed by atoms with Gasteiger partial charge in [0.2, 0.25) is 0 Å². The Hall–Kier alpha value is -1.19. The van der Waals surface area contributed by atoms with Crippen molar-refractivity contribution in [2.45, 2.75) is 70.6 Å². The van der Waals surface area contributed by atoms with Gasteiger partial charge in [0.1, 0.15) is 11.4 Å². The first-order chi connectivity index (χ1) is 8.79. The summed E-state index contributed by atoms with van der Waals surface area (Å²) in [5.41, 5.74) is -0.509. The second-order valence-electron chi connectivity index (χ2n) is 6.74. The number of rotatable bonds is 1. The van der Waals surface area contributed by atoms with Crippen molar-refractivity contribution >= 4 is 6.09 Å². The van der Waals surface area contributed by atoms with Crippen LogP contribution in [0.4, 0.5) is 4.79 Å². The highest BCUT2D eigenvalue weighted by molar-refractivity contribution is 5.70. The number of aliphatic hydroxyl groups excluding tert-OH is 1. The van der Waals surface area contributed by atoms with Crippen LogP contribution in [0, 0.1) is 5.92 Å². The highest BCUT2D eigenvalue weighted by atomic mass is 16.6. The molecule has 0 aromatic rings. The number of fused-ring (bicyclic) bond motifs is 1. The Labute approximate surface area is 115 Å². The van der Waals surface area contributed by atoms with E-state index < -0.39 is 5.60 Å². The average molecular weight is 267 g/mol. The van der Waals surface area contributed by atoms with Crippen molar-refractivity contribution in [3.8, 4) is 0 Å². The lowest BCUT2D eigenvalue weighted by molar-refractivity contribution is 0.0102. The summed E-state index contributed by atoms with van der Waals surface area (Å²) < 4.78 is 5.49. The molecule has 4 heteroatoms.